The van der Waals surface area contributed by atoms with E-state index in [4.69, 9.17) is 10.5 Å². The first-order chi connectivity index (χ1) is 10.0. The third kappa shape index (κ3) is 2.16. The van der Waals surface area contributed by atoms with Gasteiger partial charge in [-0.3, -0.25) is 4.57 Å². The zero-order valence-electron chi connectivity index (χ0n) is 11.5. The quantitative estimate of drug-likeness (QED) is 0.595. The summed E-state index contributed by atoms with van der Waals surface area (Å²) in [6.45, 7) is 1.77. The van der Waals surface area contributed by atoms with E-state index in [2.05, 4.69) is 9.97 Å². The van der Waals surface area contributed by atoms with Crippen LogP contribution in [0.25, 0.3) is 11.2 Å². The number of aromatic nitrogens is 3. The van der Waals surface area contributed by atoms with Crippen molar-refractivity contribution in [3.8, 4) is 0 Å². The first kappa shape index (κ1) is 14.2. The maximum atomic E-state index is 10.2. The van der Waals surface area contributed by atoms with Crippen LogP contribution in [-0.2, 0) is 4.74 Å². The summed E-state index contributed by atoms with van der Waals surface area (Å²) in [6, 6.07) is 1.63. The predicted molar refractivity (Wildman–Crippen MR) is 74.2 cm³/mol. The molecular weight excluding hydrogens is 276 g/mol. The van der Waals surface area contributed by atoms with Gasteiger partial charge in [-0.05, 0) is 12.5 Å². The van der Waals surface area contributed by atoms with Crippen LogP contribution in [0.3, 0.4) is 0 Å². The fraction of sp³-hybridized carbons (Fsp3) is 0.538. The van der Waals surface area contributed by atoms with Crippen LogP contribution >= 0.6 is 0 Å². The Kier molecular flexibility index (Phi) is 3.54. The van der Waals surface area contributed by atoms with Crippen LogP contribution in [0.1, 0.15) is 19.6 Å². The monoisotopic (exact) mass is 294 g/mol. The summed E-state index contributed by atoms with van der Waals surface area (Å²) in [5.74, 6) is 0. The minimum absolute atomic E-state index is 0.414. The van der Waals surface area contributed by atoms with Crippen molar-refractivity contribution in [1.82, 2.24) is 14.5 Å². The van der Waals surface area contributed by atoms with Gasteiger partial charge in [0.25, 0.3) is 0 Å². The normalized spacial score (nSPS) is 30.9. The average Bonchev–Trinajstić information content (AvgIpc) is 3.02. The summed E-state index contributed by atoms with van der Waals surface area (Å²) in [5.41, 5.74) is 7.25. The summed E-state index contributed by atoms with van der Waals surface area (Å²) >= 11 is 0. The number of aliphatic hydroxyl groups excluding tert-OH is 3. The highest BCUT2D eigenvalue weighted by Crippen LogP contribution is 2.33. The van der Waals surface area contributed by atoms with Crippen molar-refractivity contribution in [3.63, 3.8) is 0 Å². The number of hydrogen-bond acceptors (Lipinski definition) is 7. The number of imidazole rings is 1. The first-order valence-corrected chi connectivity index (χ1v) is 6.81. The SMILES string of the molecule is CC[C@@H](O)[C@H]1O[C@@H](n2cnc3c(N)ccnc32)[C@H](O)[C@@H]1O. The van der Waals surface area contributed by atoms with E-state index in [-0.39, 0.29) is 0 Å². The van der Waals surface area contributed by atoms with Crippen molar-refractivity contribution in [2.45, 2.75) is 44.0 Å². The molecule has 3 heterocycles. The lowest BCUT2D eigenvalue weighted by Gasteiger charge is -2.19. The van der Waals surface area contributed by atoms with E-state index in [9.17, 15) is 15.3 Å². The molecule has 8 nitrogen and oxygen atoms in total. The van der Waals surface area contributed by atoms with Crippen LogP contribution in [0.2, 0.25) is 0 Å². The summed E-state index contributed by atoms with van der Waals surface area (Å²) < 4.78 is 7.14. The standard InChI is InChI=1S/C13H18N4O4/c1-2-7(18)11-9(19)10(20)13(21-11)17-5-16-8-6(14)3-4-15-12(8)17/h3-5,7,9-11,13,18-20H,2H2,1H3,(H2,14,15)/t7-,9+,10-,11-,13-/m1/s1. The summed E-state index contributed by atoms with van der Waals surface area (Å²) in [4.78, 5) is 8.33. The number of pyridine rings is 1. The second kappa shape index (κ2) is 5.23. The van der Waals surface area contributed by atoms with Gasteiger partial charge in [0.1, 0.15) is 23.8 Å². The molecule has 2 aromatic heterocycles. The molecule has 8 heteroatoms. The van der Waals surface area contributed by atoms with Crippen LogP contribution in [0.15, 0.2) is 18.6 Å². The number of nitrogens with two attached hydrogens (primary N) is 1. The van der Waals surface area contributed by atoms with Crippen molar-refractivity contribution in [1.29, 1.82) is 0 Å². The largest absolute Gasteiger partial charge is 0.397 e. The molecule has 5 atom stereocenters. The fourth-order valence-electron chi connectivity index (χ4n) is 2.61. The molecule has 1 saturated heterocycles. The van der Waals surface area contributed by atoms with E-state index in [0.717, 1.165) is 0 Å². The smallest absolute Gasteiger partial charge is 0.165 e. The predicted octanol–water partition coefficient (Wildman–Crippen LogP) is -0.596. The Bertz CT molecular complexity index is 646. The molecule has 2 aromatic rings. The van der Waals surface area contributed by atoms with Gasteiger partial charge >= 0.3 is 0 Å². The second-order valence-electron chi connectivity index (χ2n) is 5.17. The number of rotatable bonds is 3. The third-order valence-electron chi connectivity index (χ3n) is 3.84. The Hall–Kier alpha value is -1.74. The number of fused-ring (bicyclic) bond motifs is 1. The number of hydrogen-bond donors (Lipinski definition) is 4. The molecule has 0 radical (unpaired) electrons. The molecule has 0 aromatic carbocycles. The summed E-state index contributed by atoms with van der Waals surface area (Å²) in [6.07, 6.45) is -1.54. The number of nitrogens with zero attached hydrogens (tertiary/aromatic N) is 3. The second-order valence-corrected chi connectivity index (χ2v) is 5.17. The van der Waals surface area contributed by atoms with Crippen LogP contribution < -0.4 is 5.73 Å². The van der Waals surface area contributed by atoms with Crippen LogP contribution in [0, 0.1) is 0 Å². The van der Waals surface area contributed by atoms with Crippen LogP contribution in [0.4, 0.5) is 5.69 Å². The molecule has 0 aliphatic carbocycles. The molecule has 1 aliphatic heterocycles. The van der Waals surface area contributed by atoms with Crippen molar-refractivity contribution in [2.75, 3.05) is 5.73 Å². The topological polar surface area (TPSA) is 127 Å². The molecule has 0 bridgehead atoms. The van der Waals surface area contributed by atoms with Gasteiger partial charge in [0.2, 0.25) is 0 Å². The Morgan fingerprint density at radius 2 is 2.14 bits per heavy atom. The zero-order valence-corrected chi connectivity index (χ0v) is 11.5. The first-order valence-electron chi connectivity index (χ1n) is 6.81. The van der Waals surface area contributed by atoms with E-state index in [1.807, 2.05) is 0 Å². The van der Waals surface area contributed by atoms with E-state index in [0.29, 0.717) is 23.3 Å². The minimum Gasteiger partial charge on any atom is -0.397 e. The Labute approximate surface area is 120 Å². The maximum absolute atomic E-state index is 10.2. The highest BCUT2D eigenvalue weighted by atomic mass is 16.6. The molecule has 0 unspecified atom stereocenters. The van der Waals surface area contributed by atoms with E-state index in [1.165, 1.54) is 17.1 Å². The van der Waals surface area contributed by atoms with Crippen LogP contribution in [0.5, 0.6) is 0 Å². The van der Waals surface area contributed by atoms with Gasteiger partial charge in [0.05, 0.1) is 18.1 Å². The van der Waals surface area contributed by atoms with Crippen LogP contribution in [-0.4, -0.2) is 54.3 Å². The molecule has 21 heavy (non-hydrogen) atoms. The van der Waals surface area contributed by atoms with Crippen molar-refractivity contribution >= 4 is 16.9 Å². The van der Waals surface area contributed by atoms with Gasteiger partial charge in [0, 0.05) is 6.20 Å². The summed E-state index contributed by atoms with van der Waals surface area (Å²) in [5, 5.41) is 30.1. The van der Waals surface area contributed by atoms with Crippen molar-refractivity contribution in [3.05, 3.63) is 18.6 Å². The van der Waals surface area contributed by atoms with E-state index >= 15 is 0 Å². The van der Waals surface area contributed by atoms with Gasteiger partial charge in [-0.1, -0.05) is 6.92 Å². The minimum atomic E-state index is -1.18. The fourth-order valence-corrected chi connectivity index (χ4v) is 2.61. The molecule has 3 rings (SSSR count). The van der Waals surface area contributed by atoms with E-state index < -0.39 is 30.6 Å². The van der Waals surface area contributed by atoms with Gasteiger partial charge in [0.15, 0.2) is 11.9 Å². The number of anilines is 1. The molecular formula is C13H18N4O4. The lowest BCUT2D eigenvalue weighted by atomic mass is 10.0. The lowest BCUT2D eigenvalue weighted by Crippen LogP contribution is -2.38. The number of aliphatic hydroxyl groups is 3. The van der Waals surface area contributed by atoms with Crippen molar-refractivity contribution in [2.24, 2.45) is 0 Å². The molecule has 0 amide bonds. The zero-order chi connectivity index (χ0) is 15.1. The maximum Gasteiger partial charge on any atom is 0.165 e. The van der Waals surface area contributed by atoms with Gasteiger partial charge < -0.3 is 25.8 Å². The number of nitrogen functional groups attached to an aromatic ring is 1. The Morgan fingerprint density at radius 1 is 1.38 bits per heavy atom. The van der Waals surface area contributed by atoms with Gasteiger partial charge in [-0.15, -0.1) is 0 Å². The molecule has 5 N–H and O–H groups in total. The Morgan fingerprint density at radius 3 is 2.86 bits per heavy atom. The highest BCUT2D eigenvalue weighted by Gasteiger charge is 2.46. The summed E-state index contributed by atoms with van der Waals surface area (Å²) in [7, 11) is 0. The number of ether oxygens (including phenoxy) is 1. The molecule has 114 valence electrons. The average molecular weight is 294 g/mol. The van der Waals surface area contributed by atoms with Gasteiger partial charge in [-0.2, -0.15) is 0 Å². The van der Waals surface area contributed by atoms with E-state index in [1.54, 1.807) is 13.0 Å². The van der Waals surface area contributed by atoms with Gasteiger partial charge in [-0.25, -0.2) is 9.97 Å². The van der Waals surface area contributed by atoms with Crippen molar-refractivity contribution < 1.29 is 20.1 Å². The lowest BCUT2D eigenvalue weighted by molar-refractivity contribution is -0.0840. The molecule has 1 aliphatic rings. The molecule has 1 fully saturated rings. The highest BCUT2D eigenvalue weighted by molar-refractivity contribution is 5.83. The molecule has 0 saturated carbocycles. The molecule has 0 spiro atoms. The third-order valence-corrected chi connectivity index (χ3v) is 3.84. The Balaban J connectivity index is 1.98.